The predicted octanol–water partition coefficient (Wildman–Crippen LogP) is 4.75. The number of carbonyl (C=O) groups is 3. The van der Waals surface area contributed by atoms with Crippen LogP contribution in [-0.4, -0.2) is 76.7 Å². The lowest BCUT2D eigenvalue weighted by Crippen LogP contribution is -2.54. The molecule has 4 aliphatic heterocycles. The Morgan fingerprint density at radius 2 is 1.75 bits per heavy atom. The number of nitrogens with zero attached hydrogens (tertiary/aromatic N) is 3. The van der Waals surface area contributed by atoms with Crippen molar-refractivity contribution in [3.8, 4) is 0 Å². The third-order valence-electron chi connectivity index (χ3n) is 9.52. The minimum absolute atomic E-state index is 0.218. The molecule has 0 saturated carbocycles. The number of hydrogen-bond donors (Lipinski definition) is 1. The first-order chi connectivity index (χ1) is 21.4. The van der Waals surface area contributed by atoms with E-state index in [1.54, 1.807) is 9.80 Å². The molecule has 4 heterocycles. The van der Waals surface area contributed by atoms with E-state index in [0.29, 0.717) is 13.2 Å². The van der Waals surface area contributed by atoms with Gasteiger partial charge in [-0.1, -0.05) is 54.6 Å². The first kappa shape index (κ1) is 30.5. The molecule has 2 aromatic rings. The number of likely N-dealkylation sites (tertiary alicyclic amines) is 1. The molecule has 0 aromatic heterocycles. The Balaban J connectivity index is 1.46. The first-order valence-electron chi connectivity index (χ1n) is 15.8. The molecule has 1 N–H and O–H groups in total. The molecule has 4 aliphatic rings. The summed E-state index contributed by atoms with van der Waals surface area (Å²) in [6.45, 7) is 6.28. The van der Waals surface area contributed by atoms with Gasteiger partial charge in [-0.15, -0.1) is 11.8 Å². The van der Waals surface area contributed by atoms with Crippen LogP contribution < -0.4 is 9.80 Å². The largest absolute Gasteiger partial charge is 0.465 e. The monoisotopic (exact) mass is 615 g/mol. The fourth-order valence-corrected chi connectivity index (χ4v) is 9.37. The summed E-state index contributed by atoms with van der Waals surface area (Å²) in [4.78, 5) is 48.8. The topological polar surface area (TPSA) is 90.4 Å². The standard InChI is InChI=1S/C35H41N3O5S/c1-3-36(4-2)25-16-18-26(19-17-25)37-21-12-20-35-30(29-28(44-35)15-10-5-6-11-22-43-34(29)42)32(40)38(31(35)33(37)41)27(23-39)24-13-8-7-9-14-24/h7-10,12-20,27-31,39H,3-6,11,21-23H2,1-2H3/b15-10-/t27-,28+,29-,30+,31?,35+/m1/s1. The molecule has 0 bridgehead atoms. The van der Waals surface area contributed by atoms with Gasteiger partial charge in [-0.2, -0.15) is 0 Å². The molecule has 2 amide bonds. The third kappa shape index (κ3) is 5.13. The number of rotatable bonds is 7. The molecule has 2 fully saturated rings. The number of aliphatic hydroxyl groups is 1. The highest BCUT2D eigenvalue weighted by atomic mass is 32.2. The Morgan fingerprint density at radius 3 is 2.45 bits per heavy atom. The second-order valence-electron chi connectivity index (χ2n) is 11.8. The minimum Gasteiger partial charge on any atom is -0.465 e. The third-order valence-corrected chi connectivity index (χ3v) is 11.3. The van der Waals surface area contributed by atoms with Crippen LogP contribution >= 0.6 is 11.8 Å². The van der Waals surface area contributed by atoms with E-state index < -0.39 is 28.7 Å². The van der Waals surface area contributed by atoms with Crippen molar-refractivity contribution in [2.24, 2.45) is 11.8 Å². The van der Waals surface area contributed by atoms with Crippen LogP contribution in [0, 0.1) is 11.8 Å². The predicted molar refractivity (Wildman–Crippen MR) is 173 cm³/mol. The van der Waals surface area contributed by atoms with E-state index in [1.165, 1.54) is 11.8 Å². The quantitative estimate of drug-likeness (QED) is 0.355. The summed E-state index contributed by atoms with van der Waals surface area (Å²) in [6, 6.07) is 15.6. The van der Waals surface area contributed by atoms with Crippen LogP contribution in [-0.2, 0) is 19.1 Å². The van der Waals surface area contributed by atoms with Crippen LogP contribution in [0.4, 0.5) is 11.4 Å². The van der Waals surface area contributed by atoms with E-state index in [4.69, 9.17) is 4.74 Å². The number of amides is 2. The Hall–Kier alpha value is -3.56. The van der Waals surface area contributed by atoms with Gasteiger partial charge in [-0.3, -0.25) is 14.4 Å². The number of esters is 1. The summed E-state index contributed by atoms with van der Waals surface area (Å²) in [5.41, 5.74) is 2.56. The first-order valence-corrected chi connectivity index (χ1v) is 16.7. The van der Waals surface area contributed by atoms with Crippen LogP contribution in [0.2, 0.25) is 0 Å². The van der Waals surface area contributed by atoms with Crippen molar-refractivity contribution in [1.29, 1.82) is 0 Å². The molecule has 44 heavy (non-hydrogen) atoms. The molecule has 8 nitrogen and oxygen atoms in total. The second kappa shape index (κ2) is 12.8. The van der Waals surface area contributed by atoms with Gasteiger partial charge < -0.3 is 24.5 Å². The van der Waals surface area contributed by atoms with Gasteiger partial charge in [0, 0.05) is 36.3 Å². The molecule has 2 saturated heterocycles. The van der Waals surface area contributed by atoms with Crippen molar-refractivity contribution in [3.05, 3.63) is 84.5 Å². The molecule has 1 spiro atoms. The number of anilines is 2. The summed E-state index contributed by atoms with van der Waals surface area (Å²) >= 11 is 1.52. The van der Waals surface area contributed by atoms with Crippen LogP contribution in [0.1, 0.15) is 44.7 Å². The van der Waals surface area contributed by atoms with Crippen molar-refractivity contribution in [2.45, 2.75) is 55.2 Å². The molecule has 0 radical (unpaired) electrons. The zero-order chi connectivity index (χ0) is 30.8. The van der Waals surface area contributed by atoms with Gasteiger partial charge in [0.05, 0.1) is 35.8 Å². The molecule has 2 aromatic carbocycles. The van der Waals surface area contributed by atoms with E-state index in [9.17, 15) is 19.5 Å². The number of fused-ring (bicyclic) bond motifs is 2. The van der Waals surface area contributed by atoms with Crippen molar-refractivity contribution >= 4 is 40.9 Å². The Morgan fingerprint density at radius 1 is 1.00 bits per heavy atom. The van der Waals surface area contributed by atoms with Gasteiger partial charge in [0.15, 0.2) is 0 Å². The number of hydrogen-bond acceptors (Lipinski definition) is 7. The summed E-state index contributed by atoms with van der Waals surface area (Å²) in [7, 11) is 0. The number of benzene rings is 2. The van der Waals surface area contributed by atoms with E-state index in [1.807, 2.05) is 72.8 Å². The van der Waals surface area contributed by atoms with Gasteiger partial charge in [0.25, 0.3) is 5.91 Å². The molecule has 6 rings (SSSR count). The minimum atomic E-state index is -1.00. The number of allylic oxidation sites excluding steroid dienone is 1. The number of aliphatic hydroxyl groups excluding tert-OH is 1. The Kier molecular flexibility index (Phi) is 8.87. The highest BCUT2D eigenvalue weighted by molar-refractivity contribution is 8.02. The van der Waals surface area contributed by atoms with E-state index >= 15 is 0 Å². The lowest BCUT2D eigenvalue weighted by atomic mass is 9.78. The van der Waals surface area contributed by atoms with Crippen LogP contribution in [0.3, 0.4) is 0 Å². The SMILES string of the molecule is CCN(CC)c1ccc(N2CC=C[C@]34S[C@H]5/C=C\CCCCOC(=O)[C@H]5[C@H]3C(=O)N([C@H](CO)c3ccccc3)C4C2=O)cc1. The number of carbonyl (C=O) groups excluding carboxylic acids is 3. The number of thioether (sulfide) groups is 1. The maximum Gasteiger partial charge on any atom is 0.311 e. The highest BCUT2D eigenvalue weighted by Crippen LogP contribution is 2.62. The normalized spacial score (nSPS) is 29.8. The molecule has 0 aliphatic carbocycles. The zero-order valence-corrected chi connectivity index (χ0v) is 26.2. The van der Waals surface area contributed by atoms with E-state index in [0.717, 1.165) is 49.3 Å². The zero-order valence-electron chi connectivity index (χ0n) is 25.4. The van der Waals surface area contributed by atoms with Gasteiger partial charge in [-0.05, 0) is 62.9 Å². The van der Waals surface area contributed by atoms with Crippen LogP contribution in [0.5, 0.6) is 0 Å². The Bertz CT molecular complexity index is 1430. The lowest BCUT2D eigenvalue weighted by Gasteiger charge is -2.38. The summed E-state index contributed by atoms with van der Waals surface area (Å²) in [6.07, 6.45) is 10.7. The summed E-state index contributed by atoms with van der Waals surface area (Å²) in [5, 5.41) is 10.5. The van der Waals surface area contributed by atoms with E-state index in [2.05, 4.69) is 24.8 Å². The average Bonchev–Trinajstić information content (AvgIpc) is 3.43. The van der Waals surface area contributed by atoms with Crippen LogP contribution in [0.15, 0.2) is 78.9 Å². The Labute approximate surface area is 263 Å². The maximum atomic E-state index is 14.9. The summed E-state index contributed by atoms with van der Waals surface area (Å²) < 4.78 is 4.74. The van der Waals surface area contributed by atoms with Crippen molar-refractivity contribution < 1.29 is 24.2 Å². The molecular formula is C35H41N3O5S. The molecule has 9 heteroatoms. The fraction of sp³-hybridized carbons (Fsp3) is 0.457. The molecule has 1 unspecified atom stereocenters. The van der Waals surface area contributed by atoms with Crippen molar-refractivity contribution in [3.63, 3.8) is 0 Å². The van der Waals surface area contributed by atoms with Gasteiger partial charge in [0.1, 0.15) is 6.04 Å². The molecule has 6 atom stereocenters. The van der Waals surface area contributed by atoms with Gasteiger partial charge >= 0.3 is 5.97 Å². The maximum absolute atomic E-state index is 14.9. The molecule has 232 valence electrons. The van der Waals surface area contributed by atoms with Crippen LogP contribution in [0.25, 0.3) is 0 Å². The number of cyclic esters (lactones) is 1. The van der Waals surface area contributed by atoms with Crippen molar-refractivity contribution in [1.82, 2.24) is 4.90 Å². The smallest absolute Gasteiger partial charge is 0.311 e. The van der Waals surface area contributed by atoms with Crippen molar-refractivity contribution in [2.75, 3.05) is 42.6 Å². The van der Waals surface area contributed by atoms with Gasteiger partial charge in [0.2, 0.25) is 5.91 Å². The van der Waals surface area contributed by atoms with E-state index in [-0.39, 0.29) is 29.6 Å². The molecular weight excluding hydrogens is 574 g/mol. The van der Waals surface area contributed by atoms with Gasteiger partial charge in [-0.25, -0.2) is 0 Å². The lowest BCUT2D eigenvalue weighted by molar-refractivity contribution is -0.153. The second-order valence-corrected chi connectivity index (χ2v) is 13.3. The number of ether oxygens (including phenoxy) is 1. The highest BCUT2D eigenvalue weighted by Gasteiger charge is 2.71. The fourth-order valence-electron chi connectivity index (χ4n) is 7.39. The summed E-state index contributed by atoms with van der Waals surface area (Å²) in [5.74, 6) is -2.44. The average molecular weight is 616 g/mol.